The predicted molar refractivity (Wildman–Crippen MR) is 42.2 cm³/mol. The van der Waals surface area contributed by atoms with Gasteiger partial charge in [-0.3, -0.25) is 4.98 Å². The molecule has 0 spiro atoms. The summed E-state index contributed by atoms with van der Waals surface area (Å²) in [7, 11) is 0. The van der Waals surface area contributed by atoms with Crippen molar-refractivity contribution in [3.63, 3.8) is 0 Å². The molecule has 0 aromatic carbocycles. The van der Waals surface area contributed by atoms with Crippen molar-refractivity contribution >= 4 is 5.71 Å². The van der Waals surface area contributed by atoms with Crippen molar-refractivity contribution in [3.05, 3.63) is 30.1 Å². The molecule has 0 radical (unpaired) electrons. The minimum Gasteiger partial charge on any atom is -0.412 e. The van der Waals surface area contributed by atoms with Gasteiger partial charge in [0.2, 0.25) is 5.71 Å². The Balaban J connectivity index is 0.00000169. The van der Waals surface area contributed by atoms with Crippen LogP contribution in [0.5, 0.6) is 0 Å². The van der Waals surface area contributed by atoms with E-state index in [0.29, 0.717) is 0 Å². The van der Waals surface area contributed by atoms with Crippen molar-refractivity contribution in [2.75, 3.05) is 0 Å². The van der Waals surface area contributed by atoms with Crippen LogP contribution in [0.25, 0.3) is 0 Å². The number of aromatic nitrogens is 1. The van der Waals surface area contributed by atoms with Crippen molar-refractivity contribution in [2.24, 2.45) is 5.16 Å². The Hall–Kier alpha value is -1.63. The monoisotopic (exact) mass is 208 g/mol. The van der Waals surface area contributed by atoms with Gasteiger partial charge in [0.25, 0.3) is 0 Å². The maximum atomic E-state index is 12.1. The summed E-state index contributed by atoms with van der Waals surface area (Å²) in [5.41, 5.74) is -1.80. The summed E-state index contributed by atoms with van der Waals surface area (Å²) in [6.07, 6.45) is -3.50. The zero-order valence-electron chi connectivity index (χ0n) is 6.78. The third kappa shape index (κ3) is 2.70. The van der Waals surface area contributed by atoms with Gasteiger partial charge in [-0.05, 0) is 12.1 Å². The zero-order chi connectivity index (χ0) is 9.90. The lowest BCUT2D eigenvalue weighted by Gasteiger charge is -2.06. The molecule has 0 amide bonds. The second-order valence-electron chi connectivity index (χ2n) is 2.16. The first-order valence-corrected chi connectivity index (χ1v) is 3.26. The molecule has 3 N–H and O–H groups in total. The second-order valence-corrected chi connectivity index (χ2v) is 2.16. The SMILES string of the molecule is O.ON=C(c1ccccn1)C(F)(F)F. The fraction of sp³-hybridized carbons (Fsp3) is 0.143. The van der Waals surface area contributed by atoms with Crippen LogP contribution in [0, 0.1) is 0 Å². The van der Waals surface area contributed by atoms with E-state index in [1.807, 2.05) is 0 Å². The fourth-order valence-corrected chi connectivity index (χ4v) is 0.756. The van der Waals surface area contributed by atoms with Crippen LogP contribution >= 0.6 is 0 Å². The smallest absolute Gasteiger partial charge is 0.412 e. The highest BCUT2D eigenvalue weighted by Crippen LogP contribution is 2.20. The molecule has 1 heterocycles. The van der Waals surface area contributed by atoms with E-state index in [2.05, 4.69) is 10.1 Å². The van der Waals surface area contributed by atoms with Crippen LogP contribution < -0.4 is 0 Å². The molecule has 0 fully saturated rings. The van der Waals surface area contributed by atoms with Gasteiger partial charge in [-0.1, -0.05) is 11.2 Å². The molecule has 0 bridgehead atoms. The molecule has 0 aliphatic rings. The van der Waals surface area contributed by atoms with Crippen molar-refractivity contribution in [1.82, 2.24) is 4.98 Å². The molecule has 0 atom stereocenters. The standard InChI is InChI=1S/C7H5F3N2O.H2O/c8-7(9,10)6(12-13)5-3-1-2-4-11-5;/h1-4,13H;1H2. The summed E-state index contributed by atoms with van der Waals surface area (Å²) < 4.78 is 36.2. The Morgan fingerprint density at radius 3 is 2.36 bits per heavy atom. The van der Waals surface area contributed by atoms with Gasteiger partial charge in [-0.15, -0.1) is 0 Å². The molecule has 0 unspecified atom stereocenters. The number of halogens is 3. The van der Waals surface area contributed by atoms with Gasteiger partial charge >= 0.3 is 6.18 Å². The van der Waals surface area contributed by atoms with Crippen molar-refractivity contribution in [1.29, 1.82) is 0 Å². The minimum absolute atomic E-state index is 0. The quantitative estimate of drug-likeness (QED) is 0.424. The average Bonchev–Trinajstić information content (AvgIpc) is 2.05. The summed E-state index contributed by atoms with van der Waals surface area (Å²) in [4.78, 5) is 3.41. The highest BCUT2D eigenvalue weighted by molar-refractivity contribution is 6.02. The third-order valence-corrected chi connectivity index (χ3v) is 1.28. The summed E-state index contributed by atoms with van der Waals surface area (Å²) in [5.74, 6) is 0. The van der Waals surface area contributed by atoms with Gasteiger partial charge in [0.1, 0.15) is 0 Å². The van der Waals surface area contributed by atoms with Crippen molar-refractivity contribution < 1.29 is 23.9 Å². The Morgan fingerprint density at radius 1 is 1.36 bits per heavy atom. The van der Waals surface area contributed by atoms with Gasteiger partial charge in [-0.2, -0.15) is 13.2 Å². The van der Waals surface area contributed by atoms with Crippen LogP contribution in [0.2, 0.25) is 0 Å². The highest BCUT2D eigenvalue weighted by Gasteiger charge is 2.38. The van der Waals surface area contributed by atoms with Gasteiger partial charge in [0, 0.05) is 6.20 Å². The largest absolute Gasteiger partial charge is 0.438 e. The molecule has 78 valence electrons. The predicted octanol–water partition coefficient (Wildman–Crippen LogP) is 0.997. The number of alkyl halides is 3. The minimum atomic E-state index is -4.69. The Kier molecular flexibility index (Phi) is 4.03. The van der Waals surface area contributed by atoms with Crippen LogP contribution in [0.15, 0.2) is 29.6 Å². The van der Waals surface area contributed by atoms with E-state index >= 15 is 0 Å². The molecule has 1 aromatic rings. The highest BCUT2D eigenvalue weighted by atomic mass is 19.4. The van der Waals surface area contributed by atoms with Crippen LogP contribution in [-0.2, 0) is 0 Å². The molecule has 0 saturated heterocycles. The maximum absolute atomic E-state index is 12.1. The van der Waals surface area contributed by atoms with E-state index in [-0.39, 0.29) is 5.48 Å². The molecule has 0 aliphatic carbocycles. The molecular formula is C7H7F3N2O2. The fourth-order valence-electron chi connectivity index (χ4n) is 0.756. The van der Waals surface area contributed by atoms with Crippen LogP contribution in [0.3, 0.4) is 0 Å². The molecule has 7 heteroatoms. The van der Waals surface area contributed by atoms with E-state index in [0.717, 1.165) is 6.07 Å². The topological polar surface area (TPSA) is 77.0 Å². The third-order valence-electron chi connectivity index (χ3n) is 1.28. The number of rotatable bonds is 1. The molecule has 1 aromatic heterocycles. The van der Waals surface area contributed by atoms with E-state index in [4.69, 9.17) is 5.21 Å². The van der Waals surface area contributed by atoms with Crippen molar-refractivity contribution in [3.8, 4) is 0 Å². The lowest BCUT2D eigenvalue weighted by Crippen LogP contribution is -2.24. The van der Waals surface area contributed by atoms with E-state index < -0.39 is 17.6 Å². The molecule has 4 nitrogen and oxygen atoms in total. The number of hydrogen-bond donors (Lipinski definition) is 1. The first-order valence-electron chi connectivity index (χ1n) is 3.26. The van der Waals surface area contributed by atoms with Crippen LogP contribution in [0.1, 0.15) is 5.69 Å². The Bertz CT molecular complexity index is 310. The second kappa shape index (κ2) is 4.56. The maximum Gasteiger partial charge on any atom is 0.438 e. The molecular weight excluding hydrogens is 201 g/mol. The van der Waals surface area contributed by atoms with Gasteiger partial charge in [0.15, 0.2) is 0 Å². The lowest BCUT2D eigenvalue weighted by atomic mass is 10.2. The van der Waals surface area contributed by atoms with Crippen molar-refractivity contribution in [2.45, 2.75) is 6.18 Å². The normalized spacial score (nSPS) is 12.1. The molecule has 1 rings (SSSR count). The summed E-state index contributed by atoms with van der Waals surface area (Å²) >= 11 is 0. The molecule has 14 heavy (non-hydrogen) atoms. The van der Waals surface area contributed by atoms with Gasteiger partial charge in [0.05, 0.1) is 5.69 Å². The van der Waals surface area contributed by atoms with Gasteiger partial charge < -0.3 is 10.7 Å². The first kappa shape index (κ1) is 12.4. The summed E-state index contributed by atoms with van der Waals surface area (Å²) in [6, 6.07) is 3.96. The average molecular weight is 208 g/mol. The van der Waals surface area contributed by atoms with E-state index in [1.54, 1.807) is 0 Å². The summed E-state index contributed by atoms with van der Waals surface area (Å²) in [6.45, 7) is 0. The van der Waals surface area contributed by atoms with Crippen LogP contribution in [0.4, 0.5) is 13.2 Å². The Morgan fingerprint density at radius 2 is 2.00 bits per heavy atom. The number of oxime groups is 1. The van der Waals surface area contributed by atoms with Gasteiger partial charge in [-0.25, -0.2) is 0 Å². The van der Waals surface area contributed by atoms with E-state index in [9.17, 15) is 13.2 Å². The van der Waals surface area contributed by atoms with E-state index in [1.165, 1.54) is 18.3 Å². The molecule has 0 saturated carbocycles. The lowest BCUT2D eigenvalue weighted by molar-refractivity contribution is -0.0603. The first-order chi connectivity index (χ1) is 6.05. The zero-order valence-corrected chi connectivity index (χ0v) is 6.78. The number of pyridine rings is 1. The number of hydrogen-bond acceptors (Lipinski definition) is 3. The Labute approximate surface area is 77.0 Å². The summed E-state index contributed by atoms with van der Waals surface area (Å²) in [5, 5.41) is 10.3. The van der Waals surface area contributed by atoms with Crippen LogP contribution in [-0.4, -0.2) is 27.6 Å². The number of nitrogens with zero attached hydrogens (tertiary/aromatic N) is 2. The molecule has 0 aliphatic heterocycles.